The number of aliphatic hydroxyl groups excluding tert-OH is 2. The minimum atomic E-state index is -0.233. The fraction of sp³-hybridized carbons (Fsp3) is 0.364. The molecule has 0 amide bonds. The molecule has 2 rings (SSSR count). The molecule has 0 bridgehead atoms. The van der Waals surface area contributed by atoms with Crippen molar-refractivity contribution in [1.29, 1.82) is 0 Å². The van der Waals surface area contributed by atoms with Crippen molar-refractivity contribution in [2.75, 3.05) is 13.2 Å². The summed E-state index contributed by atoms with van der Waals surface area (Å²) in [6.45, 7) is -0.170. The second-order valence-electron chi connectivity index (χ2n) is 3.78. The van der Waals surface area contributed by atoms with Crippen molar-refractivity contribution < 1.29 is 10.2 Å². The summed E-state index contributed by atoms with van der Waals surface area (Å²) in [5.74, 6) is 0.396. The maximum Gasteiger partial charge on any atom is 0.157 e. The van der Waals surface area contributed by atoms with Crippen molar-refractivity contribution in [3.8, 4) is 5.69 Å². The number of rotatable bonds is 5. The summed E-state index contributed by atoms with van der Waals surface area (Å²) >= 11 is 0. The van der Waals surface area contributed by atoms with Crippen molar-refractivity contribution in [2.24, 2.45) is 5.92 Å². The first-order valence-electron chi connectivity index (χ1n) is 5.39. The molecule has 6 heteroatoms. The van der Waals surface area contributed by atoms with Crippen LogP contribution in [0.1, 0.15) is 5.82 Å². The van der Waals surface area contributed by atoms with Crippen molar-refractivity contribution >= 4 is 0 Å². The fourth-order valence-electron chi connectivity index (χ4n) is 1.55. The van der Waals surface area contributed by atoms with E-state index >= 15 is 0 Å². The lowest BCUT2D eigenvalue weighted by molar-refractivity contribution is 0.148. The summed E-state index contributed by atoms with van der Waals surface area (Å²) in [5, 5.41) is 29.5. The Bertz CT molecular complexity index is 454. The molecule has 1 aromatic heterocycles. The van der Waals surface area contributed by atoms with Gasteiger partial charge in [0.1, 0.15) is 0 Å². The minimum absolute atomic E-state index is 0.0852. The lowest BCUT2D eigenvalue weighted by Gasteiger charge is -2.10. The number of para-hydroxylation sites is 1. The molecule has 0 saturated heterocycles. The van der Waals surface area contributed by atoms with Crippen LogP contribution in [0.4, 0.5) is 0 Å². The van der Waals surface area contributed by atoms with Gasteiger partial charge in [-0.25, -0.2) is 0 Å². The fourth-order valence-corrected chi connectivity index (χ4v) is 1.55. The Labute approximate surface area is 98.5 Å². The molecular formula is C11H14N4O2. The van der Waals surface area contributed by atoms with Crippen LogP contribution < -0.4 is 0 Å². The molecular weight excluding hydrogens is 220 g/mol. The smallest absolute Gasteiger partial charge is 0.157 e. The minimum Gasteiger partial charge on any atom is -0.396 e. The van der Waals surface area contributed by atoms with Gasteiger partial charge >= 0.3 is 0 Å². The summed E-state index contributed by atoms with van der Waals surface area (Å²) in [5.41, 5.74) is 0.863. The Kier molecular flexibility index (Phi) is 3.79. The van der Waals surface area contributed by atoms with Crippen LogP contribution in [0, 0.1) is 5.92 Å². The summed E-state index contributed by atoms with van der Waals surface area (Å²) in [4.78, 5) is 0. The summed E-state index contributed by atoms with van der Waals surface area (Å²) in [6.07, 6.45) is 0.439. The van der Waals surface area contributed by atoms with Gasteiger partial charge in [-0.05, 0) is 22.6 Å². The van der Waals surface area contributed by atoms with Crippen LogP contribution in [0.2, 0.25) is 0 Å². The third-order valence-corrected chi connectivity index (χ3v) is 2.52. The Hall–Kier alpha value is -1.79. The number of nitrogens with zero attached hydrogens (tertiary/aromatic N) is 4. The van der Waals surface area contributed by atoms with Gasteiger partial charge in [0.15, 0.2) is 5.82 Å². The van der Waals surface area contributed by atoms with E-state index in [9.17, 15) is 0 Å². The molecule has 6 nitrogen and oxygen atoms in total. The van der Waals surface area contributed by atoms with Gasteiger partial charge in [0, 0.05) is 25.6 Å². The molecule has 90 valence electrons. The highest BCUT2D eigenvalue weighted by Crippen LogP contribution is 2.10. The molecule has 0 aliphatic rings. The van der Waals surface area contributed by atoms with E-state index in [4.69, 9.17) is 10.2 Å². The van der Waals surface area contributed by atoms with Gasteiger partial charge in [0.25, 0.3) is 0 Å². The van der Waals surface area contributed by atoms with Gasteiger partial charge in [0.2, 0.25) is 0 Å². The molecule has 17 heavy (non-hydrogen) atoms. The molecule has 1 aromatic carbocycles. The number of hydrogen-bond donors (Lipinski definition) is 2. The van der Waals surface area contributed by atoms with Crippen molar-refractivity contribution in [2.45, 2.75) is 6.42 Å². The third kappa shape index (κ3) is 2.66. The zero-order valence-electron chi connectivity index (χ0n) is 9.27. The molecule has 0 saturated carbocycles. The average molecular weight is 234 g/mol. The number of tetrazole rings is 1. The zero-order chi connectivity index (χ0) is 12.1. The Morgan fingerprint density at radius 3 is 2.47 bits per heavy atom. The standard InChI is InChI=1S/C11H14N4O2/c16-7-9(8-17)6-11-12-13-14-15(11)10-4-2-1-3-5-10/h1-5,9,16-17H,6-8H2. The van der Waals surface area contributed by atoms with Crippen molar-refractivity contribution in [3.63, 3.8) is 0 Å². The van der Waals surface area contributed by atoms with E-state index in [0.29, 0.717) is 12.2 Å². The van der Waals surface area contributed by atoms with E-state index in [1.807, 2.05) is 30.3 Å². The third-order valence-electron chi connectivity index (χ3n) is 2.52. The highest BCUT2D eigenvalue weighted by atomic mass is 16.3. The second kappa shape index (κ2) is 5.51. The zero-order valence-corrected chi connectivity index (χ0v) is 9.27. The van der Waals surface area contributed by atoms with E-state index in [1.165, 1.54) is 0 Å². The lowest BCUT2D eigenvalue weighted by atomic mass is 10.1. The van der Waals surface area contributed by atoms with Crippen LogP contribution >= 0.6 is 0 Å². The molecule has 0 unspecified atom stereocenters. The van der Waals surface area contributed by atoms with Gasteiger partial charge in [-0.2, -0.15) is 4.68 Å². The van der Waals surface area contributed by atoms with Gasteiger partial charge in [-0.1, -0.05) is 18.2 Å². The van der Waals surface area contributed by atoms with E-state index in [0.717, 1.165) is 5.69 Å². The molecule has 0 spiro atoms. The summed E-state index contributed by atoms with van der Waals surface area (Å²) in [6, 6.07) is 9.50. The Balaban J connectivity index is 2.23. The SMILES string of the molecule is OCC(CO)Cc1nnnn1-c1ccccc1. The highest BCUT2D eigenvalue weighted by molar-refractivity contribution is 5.30. The summed E-state index contributed by atoms with van der Waals surface area (Å²) in [7, 11) is 0. The predicted octanol–water partition coefficient (Wildman–Crippen LogP) is -0.194. The van der Waals surface area contributed by atoms with Crippen LogP contribution in [0.3, 0.4) is 0 Å². The van der Waals surface area contributed by atoms with Crippen LogP contribution in [0.15, 0.2) is 30.3 Å². The monoisotopic (exact) mass is 234 g/mol. The van der Waals surface area contributed by atoms with Crippen LogP contribution in [-0.2, 0) is 6.42 Å². The number of hydrogen-bond acceptors (Lipinski definition) is 5. The van der Waals surface area contributed by atoms with Crippen LogP contribution in [-0.4, -0.2) is 43.6 Å². The van der Waals surface area contributed by atoms with Gasteiger partial charge in [-0.3, -0.25) is 0 Å². The number of aliphatic hydroxyl groups is 2. The molecule has 0 radical (unpaired) electrons. The molecule has 2 N–H and O–H groups in total. The predicted molar refractivity (Wildman–Crippen MR) is 60.5 cm³/mol. The molecule has 2 aromatic rings. The average Bonchev–Trinajstić information content (AvgIpc) is 2.85. The van der Waals surface area contributed by atoms with Crippen LogP contribution in [0.5, 0.6) is 0 Å². The first-order chi connectivity index (χ1) is 8.35. The van der Waals surface area contributed by atoms with E-state index < -0.39 is 0 Å². The van der Waals surface area contributed by atoms with E-state index in [2.05, 4.69) is 15.5 Å². The first-order valence-corrected chi connectivity index (χ1v) is 5.39. The Morgan fingerprint density at radius 1 is 1.12 bits per heavy atom. The number of benzene rings is 1. The maximum absolute atomic E-state index is 9.05. The first kappa shape index (κ1) is 11.7. The molecule has 0 atom stereocenters. The van der Waals surface area contributed by atoms with Gasteiger partial charge in [0.05, 0.1) is 5.69 Å². The van der Waals surface area contributed by atoms with Crippen molar-refractivity contribution in [1.82, 2.24) is 20.2 Å². The number of aromatic nitrogens is 4. The van der Waals surface area contributed by atoms with Gasteiger partial charge < -0.3 is 10.2 Å². The molecule has 0 aliphatic heterocycles. The molecule has 0 aliphatic carbocycles. The van der Waals surface area contributed by atoms with E-state index in [1.54, 1.807) is 4.68 Å². The Morgan fingerprint density at radius 2 is 1.82 bits per heavy atom. The normalized spacial score (nSPS) is 11.0. The molecule has 0 fully saturated rings. The highest BCUT2D eigenvalue weighted by Gasteiger charge is 2.14. The van der Waals surface area contributed by atoms with Gasteiger partial charge in [-0.15, -0.1) is 5.10 Å². The molecule has 1 heterocycles. The van der Waals surface area contributed by atoms with Crippen LogP contribution in [0.25, 0.3) is 5.69 Å². The quantitative estimate of drug-likeness (QED) is 0.748. The van der Waals surface area contributed by atoms with Crippen molar-refractivity contribution in [3.05, 3.63) is 36.2 Å². The second-order valence-corrected chi connectivity index (χ2v) is 3.78. The topological polar surface area (TPSA) is 84.1 Å². The summed E-state index contributed by atoms with van der Waals surface area (Å²) < 4.78 is 1.61. The lowest BCUT2D eigenvalue weighted by Crippen LogP contribution is -2.17. The van der Waals surface area contributed by atoms with E-state index in [-0.39, 0.29) is 19.1 Å². The largest absolute Gasteiger partial charge is 0.396 e. The maximum atomic E-state index is 9.05.